The molecule has 2 rings (SSSR count). The fourth-order valence-electron chi connectivity index (χ4n) is 3.08. The summed E-state index contributed by atoms with van der Waals surface area (Å²) in [7, 11) is 0. The Morgan fingerprint density at radius 2 is 1.95 bits per heavy atom. The normalized spacial score (nSPS) is 22.0. The maximum absolute atomic E-state index is 10.2. The summed E-state index contributed by atoms with van der Waals surface area (Å²) in [5.74, 6) is 2.22. The van der Waals surface area contributed by atoms with Crippen molar-refractivity contribution in [1.29, 1.82) is 0 Å². The van der Waals surface area contributed by atoms with E-state index in [0.29, 0.717) is 17.6 Å². The van der Waals surface area contributed by atoms with E-state index >= 15 is 0 Å². The number of fused-ring (bicyclic) bond motifs is 1. The predicted octanol–water partition coefficient (Wildman–Crippen LogP) is 5.19. The molecule has 2 atom stereocenters. The smallest absolute Gasteiger partial charge is 0.131 e. The molecule has 0 saturated heterocycles. The predicted molar refractivity (Wildman–Crippen MR) is 88.8 cm³/mol. The fourth-order valence-corrected chi connectivity index (χ4v) is 3.08. The SMILES string of the molecule is CCCc1cc(O)c2c(c1)OC(C)(C(C)CC(C)C)C=C2. The lowest BCUT2D eigenvalue weighted by atomic mass is 9.82. The van der Waals surface area contributed by atoms with Gasteiger partial charge >= 0.3 is 0 Å². The lowest BCUT2D eigenvalue weighted by molar-refractivity contribution is 0.0678. The number of rotatable bonds is 5. The van der Waals surface area contributed by atoms with Gasteiger partial charge in [0.1, 0.15) is 17.1 Å². The first-order valence-corrected chi connectivity index (χ1v) is 8.10. The minimum atomic E-state index is -0.297. The number of benzene rings is 1. The average Bonchev–Trinajstić information content (AvgIpc) is 2.37. The van der Waals surface area contributed by atoms with E-state index in [1.165, 1.54) is 0 Å². The molecule has 0 spiro atoms. The summed E-state index contributed by atoms with van der Waals surface area (Å²) in [4.78, 5) is 0. The van der Waals surface area contributed by atoms with Crippen molar-refractivity contribution in [2.24, 2.45) is 11.8 Å². The van der Waals surface area contributed by atoms with Gasteiger partial charge in [0, 0.05) is 0 Å². The van der Waals surface area contributed by atoms with Crippen LogP contribution in [0, 0.1) is 11.8 Å². The Morgan fingerprint density at radius 3 is 2.57 bits per heavy atom. The summed E-state index contributed by atoms with van der Waals surface area (Å²) < 4.78 is 6.30. The zero-order valence-electron chi connectivity index (χ0n) is 13.9. The summed E-state index contributed by atoms with van der Waals surface area (Å²) >= 11 is 0. The van der Waals surface area contributed by atoms with E-state index < -0.39 is 0 Å². The third kappa shape index (κ3) is 3.42. The van der Waals surface area contributed by atoms with E-state index in [-0.39, 0.29) is 5.60 Å². The first kappa shape index (κ1) is 15.9. The molecule has 0 bridgehead atoms. The average molecular weight is 288 g/mol. The number of phenolic OH excluding ortho intramolecular Hbond substituents is 1. The maximum Gasteiger partial charge on any atom is 0.131 e. The molecule has 0 radical (unpaired) electrons. The molecule has 1 aromatic rings. The second-order valence-corrected chi connectivity index (χ2v) is 6.93. The summed E-state index contributed by atoms with van der Waals surface area (Å²) in [5.41, 5.74) is 1.65. The van der Waals surface area contributed by atoms with E-state index in [9.17, 15) is 5.11 Å². The molecule has 116 valence electrons. The Bertz CT molecular complexity index is 531. The minimum absolute atomic E-state index is 0.297. The number of aromatic hydroxyl groups is 1. The highest BCUT2D eigenvalue weighted by Crippen LogP contribution is 2.41. The molecule has 1 N–H and O–H groups in total. The molecular formula is C19H28O2. The van der Waals surface area contributed by atoms with Gasteiger partial charge < -0.3 is 9.84 Å². The summed E-state index contributed by atoms with van der Waals surface area (Å²) in [6.07, 6.45) is 7.26. The standard InChI is InChI=1S/C19H28O2/c1-6-7-15-11-17(20)16-8-9-19(5,21-18(16)12-15)14(4)10-13(2)3/h8-9,11-14,20H,6-7,10H2,1-5H3. The van der Waals surface area contributed by atoms with Crippen molar-refractivity contribution in [3.05, 3.63) is 29.3 Å². The molecule has 0 saturated carbocycles. The Labute approximate surface area is 128 Å². The molecule has 1 aliphatic rings. The van der Waals surface area contributed by atoms with Gasteiger partial charge in [-0.15, -0.1) is 0 Å². The van der Waals surface area contributed by atoms with E-state index in [4.69, 9.17) is 4.74 Å². The Balaban J connectivity index is 2.30. The maximum atomic E-state index is 10.2. The van der Waals surface area contributed by atoms with Crippen molar-refractivity contribution in [3.63, 3.8) is 0 Å². The molecule has 2 heteroatoms. The fraction of sp³-hybridized carbons (Fsp3) is 0.579. The number of aryl methyl sites for hydroxylation is 1. The zero-order valence-corrected chi connectivity index (χ0v) is 13.9. The molecule has 0 fully saturated rings. The van der Waals surface area contributed by atoms with Crippen LogP contribution in [0.4, 0.5) is 0 Å². The van der Waals surface area contributed by atoms with Crippen molar-refractivity contribution >= 4 is 6.08 Å². The van der Waals surface area contributed by atoms with E-state index in [0.717, 1.165) is 36.1 Å². The van der Waals surface area contributed by atoms with Crippen molar-refractivity contribution in [3.8, 4) is 11.5 Å². The van der Waals surface area contributed by atoms with Crippen LogP contribution in [-0.2, 0) is 6.42 Å². The molecule has 0 aromatic heterocycles. The highest BCUT2D eigenvalue weighted by atomic mass is 16.5. The van der Waals surface area contributed by atoms with Gasteiger partial charge in [-0.1, -0.05) is 34.1 Å². The Hall–Kier alpha value is -1.44. The number of hydrogen-bond acceptors (Lipinski definition) is 2. The van der Waals surface area contributed by atoms with Crippen LogP contribution < -0.4 is 4.74 Å². The van der Waals surface area contributed by atoms with Gasteiger partial charge in [0.25, 0.3) is 0 Å². The van der Waals surface area contributed by atoms with Crippen LogP contribution in [-0.4, -0.2) is 10.7 Å². The molecule has 2 nitrogen and oxygen atoms in total. The molecule has 0 aliphatic carbocycles. The van der Waals surface area contributed by atoms with Crippen molar-refractivity contribution in [2.45, 2.75) is 59.5 Å². The van der Waals surface area contributed by atoms with Crippen LogP contribution in [0.25, 0.3) is 6.08 Å². The Morgan fingerprint density at radius 1 is 1.24 bits per heavy atom. The van der Waals surface area contributed by atoms with Crippen LogP contribution in [0.5, 0.6) is 11.5 Å². The molecule has 1 aliphatic heterocycles. The topological polar surface area (TPSA) is 29.5 Å². The molecule has 1 aromatic carbocycles. The molecule has 21 heavy (non-hydrogen) atoms. The Kier molecular flexibility index (Phi) is 4.65. The van der Waals surface area contributed by atoms with Gasteiger partial charge in [-0.25, -0.2) is 0 Å². The van der Waals surface area contributed by atoms with Crippen LogP contribution in [0.15, 0.2) is 18.2 Å². The van der Waals surface area contributed by atoms with Gasteiger partial charge in [0.05, 0.1) is 5.56 Å². The van der Waals surface area contributed by atoms with Crippen molar-refractivity contribution < 1.29 is 9.84 Å². The van der Waals surface area contributed by atoms with Crippen LogP contribution in [0.1, 0.15) is 58.6 Å². The highest BCUT2D eigenvalue weighted by molar-refractivity contribution is 5.67. The van der Waals surface area contributed by atoms with Gasteiger partial charge in [0.2, 0.25) is 0 Å². The third-order valence-corrected chi connectivity index (χ3v) is 4.43. The quantitative estimate of drug-likeness (QED) is 0.807. The zero-order chi connectivity index (χ0) is 15.6. The number of ether oxygens (including phenoxy) is 1. The molecule has 1 heterocycles. The number of phenols is 1. The summed E-state index contributed by atoms with van der Waals surface area (Å²) in [6.45, 7) is 11.0. The lowest BCUT2D eigenvalue weighted by Crippen LogP contribution is -2.39. The van der Waals surface area contributed by atoms with E-state index in [2.05, 4.69) is 46.8 Å². The van der Waals surface area contributed by atoms with Gasteiger partial charge in [-0.05, 0) is 61.4 Å². The van der Waals surface area contributed by atoms with Gasteiger partial charge in [-0.3, -0.25) is 0 Å². The second-order valence-electron chi connectivity index (χ2n) is 6.93. The van der Waals surface area contributed by atoms with Gasteiger partial charge in [0.15, 0.2) is 0 Å². The lowest BCUT2D eigenvalue weighted by Gasteiger charge is -2.37. The summed E-state index contributed by atoms with van der Waals surface area (Å²) in [5, 5.41) is 10.2. The van der Waals surface area contributed by atoms with Crippen molar-refractivity contribution in [1.82, 2.24) is 0 Å². The second kappa shape index (κ2) is 6.13. The molecule has 0 amide bonds. The first-order chi connectivity index (χ1) is 9.85. The molecule has 2 unspecified atom stereocenters. The van der Waals surface area contributed by atoms with Crippen LogP contribution in [0.2, 0.25) is 0 Å². The third-order valence-electron chi connectivity index (χ3n) is 4.43. The van der Waals surface area contributed by atoms with Crippen LogP contribution in [0.3, 0.4) is 0 Å². The van der Waals surface area contributed by atoms with Crippen molar-refractivity contribution in [2.75, 3.05) is 0 Å². The number of hydrogen-bond donors (Lipinski definition) is 1. The minimum Gasteiger partial charge on any atom is -0.507 e. The van der Waals surface area contributed by atoms with E-state index in [1.807, 2.05) is 12.1 Å². The highest BCUT2D eigenvalue weighted by Gasteiger charge is 2.34. The van der Waals surface area contributed by atoms with Gasteiger partial charge in [-0.2, -0.15) is 0 Å². The summed E-state index contributed by atoms with van der Waals surface area (Å²) in [6, 6.07) is 3.94. The first-order valence-electron chi connectivity index (χ1n) is 8.10. The monoisotopic (exact) mass is 288 g/mol. The largest absolute Gasteiger partial charge is 0.507 e. The van der Waals surface area contributed by atoms with Crippen LogP contribution >= 0.6 is 0 Å². The van der Waals surface area contributed by atoms with E-state index in [1.54, 1.807) is 0 Å². The molecular weight excluding hydrogens is 260 g/mol.